The van der Waals surface area contributed by atoms with Crippen molar-refractivity contribution in [1.29, 1.82) is 0 Å². The molecule has 0 spiro atoms. The molecule has 0 aromatic carbocycles. The lowest BCUT2D eigenvalue weighted by molar-refractivity contribution is -0.142. The molecule has 11 N–H and O–H groups in total. The smallest absolute Gasteiger partial charge is 0.326 e. The van der Waals surface area contributed by atoms with Gasteiger partial charge in [-0.2, -0.15) is 12.6 Å². The van der Waals surface area contributed by atoms with E-state index >= 15 is 0 Å². The van der Waals surface area contributed by atoms with Crippen LogP contribution in [-0.4, -0.2) is 65.2 Å². The molecule has 0 aliphatic carbocycles. The molecule has 0 saturated carbocycles. The van der Waals surface area contributed by atoms with Crippen molar-refractivity contribution in [2.24, 2.45) is 27.9 Å². The Morgan fingerprint density at radius 2 is 1.62 bits per heavy atom. The molecule has 0 aliphatic rings. The number of guanidine groups is 1. The van der Waals surface area contributed by atoms with Crippen molar-refractivity contribution in [2.75, 3.05) is 12.3 Å². The lowest BCUT2D eigenvalue weighted by Gasteiger charge is -2.21. The highest BCUT2D eigenvalue weighted by molar-refractivity contribution is 7.80. The van der Waals surface area contributed by atoms with Crippen molar-refractivity contribution in [3.63, 3.8) is 0 Å². The predicted molar refractivity (Wildman–Crippen MR) is 97.0 cm³/mol. The molecular weight excluding hydrogens is 366 g/mol. The summed E-state index contributed by atoms with van der Waals surface area (Å²) in [6, 6.07) is -3.62. The fourth-order valence-corrected chi connectivity index (χ4v) is 1.97. The number of nitrogens with one attached hydrogen (secondary N) is 2. The molecule has 12 nitrogen and oxygen atoms in total. The fourth-order valence-electron chi connectivity index (χ4n) is 1.81. The van der Waals surface area contributed by atoms with Gasteiger partial charge < -0.3 is 38.7 Å². The van der Waals surface area contributed by atoms with Gasteiger partial charge in [-0.05, 0) is 12.8 Å². The van der Waals surface area contributed by atoms with Gasteiger partial charge in [0.25, 0.3) is 0 Å². The van der Waals surface area contributed by atoms with Crippen molar-refractivity contribution >= 4 is 42.3 Å². The van der Waals surface area contributed by atoms with Gasteiger partial charge in [-0.25, -0.2) is 4.79 Å². The van der Waals surface area contributed by atoms with E-state index in [1.807, 2.05) is 0 Å². The summed E-state index contributed by atoms with van der Waals surface area (Å²) in [6.45, 7) is 0.181. The molecular formula is C13H25N7O5S. The number of hydrogen-bond donors (Lipinski definition) is 8. The zero-order chi connectivity index (χ0) is 20.3. The number of rotatable bonds is 12. The van der Waals surface area contributed by atoms with Gasteiger partial charge in [0, 0.05) is 12.3 Å². The van der Waals surface area contributed by atoms with Gasteiger partial charge in [0.2, 0.25) is 17.7 Å². The van der Waals surface area contributed by atoms with E-state index < -0.39 is 48.2 Å². The maximum Gasteiger partial charge on any atom is 0.326 e. The summed E-state index contributed by atoms with van der Waals surface area (Å²) in [4.78, 5) is 50.1. The van der Waals surface area contributed by atoms with E-state index in [-0.39, 0.29) is 31.1 Å². The van der Waals surface area contributed by atoms with Crippen molar-refractivity contribution < 1.29 is 24.3 Å². The first-order chi connectivity index (χ1) is 12.1. The Morgan fingerprint density at radius 1 is 1.04 bits per heavy atom. The normalized spacial score (nSPS) is 13.8. The van der Waals surface area contributed by atoms with E-state index in [1.54, 1.807) is 0 Å². The van der Waals surface area contributed by atoms with E-state index in [0.29, 0.717) is 0 Å². The summed E-state index contributed by atoms with van der Waals surface area (Å²) < 4.78 is 0. The number of carboxylic acids is 1. The SMILES string of the molecule is NC(=O)CC(NC(=O)C(N)CS)C(=O)NC(CCCN=C(N)N)C(=O)O. The predicted octanol–water partition coefficient (Wildman–Crippen LogP) is -3.77. The third-order valence-corrected chi connectivity index (χ3v) is 3.53. The number of nitrogens with two attached hydrogens (primary N) is 4. The van der Waals surface area contributed by atoms with E-state index in [2.05, 4.69) is 28.3 Å². The van der Waals surface area contributed by atoms with Crippen LogP contribution in [0.15, 0.2) is 4.99 Å². The quantitative estimate of drug-likeness (QED) is 0.0710. The molecule has 0 saturated heterocycles. The first kappa shape index (κ1) is 23.5. The summed E-state index contributed by atoms with van der Waals surface area (Å²) in [7, 11) is 0. The minimum absolute atomic E-state index is 0.0132. The molecule has 3 amide bonds. The van der Waals surface area contributed by atoms with Crippen LogP contribution in [0.4, 0.5) is 0 Å². The Bertz CT molecular complexity index is 553. The van der Waals surface area contributed by atoms with Crippen molar-refractivity contribution in [2.45, 2.75) is 37.4 Å². The monoisotopic (exact) mass is 391 g/mol. The Hall–Kier alpha value is -2.54. The number of aliphatic carboxylic acids is 1. The molecule has 3 atom stereocenters. The maximum atomic E-state index is 12.3. The summed E-state index contributed by atoms with van der Waals surface area (Å²) in [5, 5.41) is 13.7. The highest BCUT2D eigenvalue weighted by Crippen LogP contribution is 2.02. The minimum atomic E-state index is -1.36. The van der Waals surface area contributed by atoms with Gasteiger partial charge in [0.1, 0.15) is 12.1 Å². The molecule has 148 valence electrons. The lowest BCUT2D eigenvalue weighted by atomic mass is 10.1. The number of carboxylic acid groups (broad SMARTS) is 1. The van der Waals surface area contributed by atoms with Crippen LogP contribution in [0, 0.1) is 0 Å². The second kappa shape index (κ2) is 11.9. The molecule has 0 fully saturated rings. The number of primary amides is 1. The standard InChI is InChI=1S/C13H25N7O5S/c14-6(5-26)10(22)20-8(4-9(15)21)11(23)19-7(12(24)25)2-1-3-18-13(16)17/h6-8,26H,1-5,14H2,(H2,15,21)(H,19,23)(H,20,22)(H,24,25)(H4,16,17,18). The zero-order valence-electron chi connectivity index (χ0n) is 14.1. The Balaban J connectivity index is 4.93. The number of hydrogen-bond acceptors (Lipinski definition) is 7. The number of carbonyl (C=O) groups excluding carboxylic acids is 3. The van der Waals surface area contributed by atoms with Gasteiger partial charge in [-0.3, -0.25) is 19.4 Å². The lowest BCUT2D eigenvalue weighted by Crippen LogP contribution is -2.55. The average molecular weight is 391 g/mol. The second-order valence-corrected chi connectivity index (χ2v) is 5.73. The molecule has 0 aromatic rings. The summed E-state index contributed by atoms with van der Waals surface area (Å²) >= 11 is 3.86. The number of thiol groups is 1. The van der Waals surface area contributed by atoms with E-state index in [4.69, 9.17) is 22.9 Å². The molecule has 0 aromatic heterocycles. The Kier molecular flexibility index (Phi) is 10.8. The average Bonchev–Trinajstić information content (AvgIpc) is 2.54. The summed E-state index contributed by atoms with van der Waals surface area (Å²) in [6.07, 6.45) is -0.199. The molecule has 0 bridgehead atoms. The van der Waals surface area contributed by atoms with Crippen LogP contribution in [-0.2, 0) is 19.2 Å². The van der Waals surface area contributed by atoms with Gasteiger partial charge in [-0.15, -0.1) is 0 Å². The summed E-state index contributed by atoms with van der Waals surface area (Å²) in [5.41, 5.74) is 20.9. The summed E-state index contributed by atoms with van der Waals surface area (Å²) in [5.74, 6) is -3.87. The van der Waals surface area contributed by atoms with Crippen LogP contribution >= 0.6 is 12.6 Å². The van der Waals surface area contributed by atoms with E-state index in [0.717, 1.165) is 0 Å². The largest absolute Gasteiger partial charge is 0.480 e. The fraction of sp³-hybridized carbons (Fsp3) is 0.615. The topological polar surface area (TPSA) is 229 Å². The van der Waals surface area contributed by atoms with Crippen molar-refractivity contribution in [3.8, 4) is 0 Å². The highest BCUT2D eigenvalue weighted by Gasteiger charge is 2.28. The van der Waals surface area contributed by atoms with Crippen molar-refractivity contribution in [3.05, 3.63) is 0 Å². The zero-order valence-corrected chi connectivity index (χ0v) is 14.9. The Labute approximate surface area is 155 Å². The van der Waals surface area contributed by atoms with Gasteiger partial charge in [-0.1, -0.05) is 0 Å². The molecule has 3 unspecified atom stereocenters. The molecule has 13 heteroatoms. The number of aliphatic imine (C=N–C) groups is 1. The molecule has 26 heavy (non-hydrogen) atoms. The van der Waals surface area contributed by atoms with Gasteiger partial charge >= 0.3 is 5.97 Å². The number of amides is 3. The van der Waals surface area contributed by atoms with Crippen molar-refractivity contribution in [1.82, 2.24) is 10.6 Å². The van der Waals surface area contributed by atoms with Crippen LogP contribution in [0.5, 0.6) is 0 Å². The van der Waals surface area contributed by atoms with Crippen LogP contribution < -0.4 is 33.6 Å². The minimum Gasteiger partial charge on any atom is -0.480 e. The number of carbonyl (C=O) groups is 4. The van der Waals surface area contributed by atoms with Gasteiger partial charge in [0.05, 0.1) is 12.5 Å². The molecule has 0 aliphatic heterocycles. The third kappa shape index (κ3) is 9.68. The number of nitrogens with zero attached hydrogens (tertiary/aromatic N) is 1. The third-order valence-electron chi connectivity index (χ3n) is 3.13. The van der Waals surface area contributed by atoms with Gasteiger partial charge in [0.15, 0.2) is 5.96 Å². The van der Waals surface area contributed by atoms with Crippen LogP contribution in [0.3, 0.4) is 0 Å². The van der Waals surface area contributed by atoms with Crippen LogP contribution in [0.1, 0.15) is 19.3 Å². The maximum absolute atomic E-state index is 12.3. The van der Waals surface area contributed by atoms with Crippen LogP contribution in [0.25, 0.3) is 0 Å². The van der Waals surface area contributed by atoms with E-state index in [9.17, 15) is 24.3 Å². The Morgan fingerprint density at radius 3 is 2.08 bits per heavy atom. The molecule has 0 heterocycles. The second-order valence-electron chi connectivity index (χ2n) is 5.37. The van der Waals surface area contributed by atoms with E-state index in [1.165, 1.54) is 0 Å². The highest BCUT2D eigenvalue weighted by atomic mass is 32.1. The first-order valence-corrected chi connectivity index (χ1v) is 8.25. The van der Waals surface area contributed by atoms with Crippen LogP contribution in [0.2, 0.25) is 0 Å². The first-order valence-electron chi connectivity index (χ1n) is 7.62. The molecule has 0 radical (unpaired) electrons. The molecule has 0 rings (SSSR count).